The molecule has 228 valence electrons. The zero-order valence-corrected chi connectivity index (χ0v) is 26.0. The Balaban J connectivity index is 1.83. The third-order valence-electron chi connectivity index (χ3n) is 9.15. The van der Waals surface area contributed by atoms with E-state index in [1.165, 1.54) is 0 Å². The normalized spacial score (nSPS) is 34.3. The maximum Gasteiger partial charge on any atom is 0.308 e. The van der Waals surface area contributed by atoms with Crippen LogP contribution in [0.1, 0.15) is 87.0 Å². The molecule has 0 aliphatic carbocycles. The highest BCUT2D eigenvalue weighted by atomic mass is 16.7. The fraction of sp³-hybridized carbons (Fsp3) is 0.781. The van der Waals surface area contributed by atoms with E-state index in [1.54, 1.807) is 14.0 Å². The van der Waals surface area contributed by atoms with E-state index in [9.17, 15) is 15.0 Å². The average Bonchev–Trinajstić information content (AvgIpc) is 2.92. The fourth-order valence-corrected chi connectivity index (χ4v) is 6.79. The van der Waals surface area contributed by atoms with Gasteiger partial charge in [0.2, 0.25) is 0 Å². The van der Waals surface area contributed by atoms with E-state index in [2.05, 4.69) is 27.7 Å². The first-order valence-corrected chi connectivity index (χ1v) is 14.9. The molecule has 1 aromatic carbocycles. The van der Waals surface area contributed by atoms with E-state index in [0.29, 0.717) is 6.42 Å². The molecule has 0 aromatic heterocycles. The van der Waals surface area contributed by atoms with Gasteiger partial charge in [0.25, 0.3) is 0 Å². The third-order valence-corrected chi connectivity index (χ3v) is 9.15. The van der Waals surface area contributed by atoms with Gasteiger partial charge in [0.05, 0.1) is 43.5 Å². The van der Waals surface area contributed by atoms with Gasteiger partial charge in [-0.25, -0.2) is 0 Å². The lowest BCUT2D eigenvalue weighted by Crippen LogP contribution is -2.55. The molecule has 2 aliphatic heterocycles. The monoisotopic (exact) mass is 564 g/mol. The van der Waals surface area contributed by atoms with Crippen molar-refractivity contribution >= 4 is 5.97 Å². The largest absolute Gasteiger partial charge is 0.497 e. The Morgan fingerprint density at radius 1 is 0.925 bits per heavy atom. The van der Waals surface area contributed by atoms with Crippen molar-refractivity contribution in [2.45, 2.75) is 118 Å². The standard InChI is InChI=1S/C32H52O8/c1-11-25(33)19(4)28-20(5)26(37-31(38-28)23-12-14-24(36-10)15-13-23)17(2)16-18(3)27-21(6)29(22(7)30(34)35)40-32(8,9)39-27/h12-15,17-22,25-29,31,33H,11,16H2,1-10H3,(H,34,35)/t17-,18+,19+,20+,21-,22-,25-,26+,27+,28+,29+,31-/m1/s1. The molecule has 8 nitrogen and oxygen atoms in total. The summed E-state index contributed by atoms with van der Waals surface area (Å²) in [5.41, 5.74) is 0.912. The molecule has 0 saturated carbocycles. The number of aliphatic hydroxyl groups is 1. The molecule has 0 spiro atoms. The van der Waals surface area contributed by atoms with Crippen molar-refractivity contribution < 1.29 is 38.7 Å². The number of rotatable bonds is 11. The van der Waals surface area contributed by atoms with Gasteiger partial charge < -0.3 is 33.9 Å². The molecule has 0 radical (unpaired) electrons. The first-order chi connectivity index (χ1) is 18.7. The number of carbonyl (C=O) groups is 1. The number of aliphatic carboxylic acids is 1. The van der Waals surface area contributed by atoms with E-state index < -0.39 is 36.2 Å². The van der Waals surface area contributed by atoms with Crippen LogP contribution in [0.3, 0.4) is 0 Å². The molecule has 0 bridgehead atoms. The Morgan fingerprint density at radius 2 is 1.45 bits per heavy atom. The molecule has 0 amide bonds. The number of benzene rings is 1. The number of carboxylic acids is 1. The number of hydrogen-bond donors (Lipinski definition) is 2. The van der Waals surface area contributed by atoms with E-state index in [1.807, 2.05) is 52.0 Å². The van der Waals surface area contributed by atoms with Gasteiger partial charge in [0.1, 0.15) is 5.75 Å². The van der Waals surface area contributed by atoms with Crippen LogP contribution < -0.4 is 4.74 Å². The first-order valence-electron chi connectivity index (χ1n) is 14.9. The Morgan fingerprint density at radius 3 is 2.00 bits per heavy atom. The van der Waals surface area contributed by atoms with Crippen LogP contribution in [0.15, 0.2) is 24.3 Å². The Labute approximate surface area is 240 Å². The summed E-state index contributed by atoms with van der Waals surface area (Å²) in [6, 6.07) is 7.73. The molecule has 40 heavy (non-hydrogen) atoms. The highest BCUT2D eigenvalue weighted by Gasteiger charge is 2.48. The molecular formula is C32H52O8. The summed E-state index contributed by atoms with van der Waals surface area (Å²) in [4.78, 5) is 11.8. The highest BCUT2D eigenvalue weighted by Crippen LogP contribution is 2.44. The molecule has 2 fully saturated rings. The predicted molar refractivity (Wildman–Crippen MR) is 153 cm³/mol. The maximum absolute atomic E-state index is 11.8. The quantitative estimate of drug-likeness (QED) is 0.334. The Kier molecular flexibility index (Phi) is 11.1. The van der Waals surface area contributed by atoms with Gasteiger partial charge in [0.15, 0.2) is 12.1 Å². The number of ether oxygens (including phenoxy) is 5. The van der Waals surface area contributed by atoms with Crippen molar-refractivity contribution in [3.8, 4) is 5.75 Å². The number of hydrogen-bond acceptors (Lipinski definition) is 7. The van der Waals surface area contributed by atoms with Crippen LogP contribution in [0.25, 0.3) is 0 Å². The van der Waals surface area contributed by atoms with Crippen molar-refractivity contribution in [3.63, 3.8) is 0 Å². The van der Waals surface area contributed by atoms with Gasteiger partial charge in [-0.3, -0.25) is 4.79 Å². The van der Waals surface area contributed by atoms with Gasteiger partial charge in [-0.15, -0.1) is 0 Å². The predicted octanol–water partition coefficient (Wildman–Crippen LogP) is 6.06. The summed E-state index contributed by atoms with van der Waals surface area (Å²) in [7, 11) is 1.64. The molecule has 2 aliphatic rings. The molecule has 2 saturated heterocycles. The topological polar surface area (TPSA) is 104 Å². The lowest BCUT2D eigenvalue weighted by molar-refractivity contribution is -0.334. The summed E-state index contributed by atoms with van der Waals surface area (Å²) in [6.07, 6.45) is -0.453. The van der Waals surface area contributed by atoms with Gasteiger partial charge in [-0.05, 0) is 57.6 Å². The third kappa shape index (κ3) is 7.37. The number of carboxylic acid groups (broad SMARTS) is 1. The number of aliphatic hydroxyl groups excluding tert-OH is 1. The fourth-order valence-electron chi connectivity index (χ4n) is 6.79. The molecule has 3 rings (SSSR count). The molecule has 1 aromatic rings. The van der Waals surface area contributed by atoms with Crippen molar-refractivity contribution in [3.05, 3.63) is 29.8 Å². The van der Waals surface area contributed by atoms with E-state index in [0.717, 1.165) is 17.7 Å². The van der Waals surface area contributed by atoms with E-state index in [-0.39, 0.29) is 47.9 Å². The zero-order valence-electron chi connectivity index (χ0n) is 26.0. The minimum atomic E-state index is -0.873. The smallest absolute Gasteiger partial charge is 0.308 e. The Hall–Kier alpha value is -1.71. The Bertz CT molecular complexity index is 949. The molecule has 2 N–H and O–H groups in total. The summed E-state index contributed by atoms with van der Waals surface area (Å²) in [6.45, 7) is 18.0. The second kappa shape index (κ2) is 13.5. The van der Waals surface area contributed by atoms with Gasteiger partial charge in [0, 0.05) is 23.3 Å². The number of methoxy groups -OCH3 is 1. The lowest BCUT2D eigenvalue weighted by Gasteiger charge is -2.49. The van der Waals surface area contributed by atoms with E-state index >= 15 is 0 Å². The van der Waals surface area contributed by atoms with Crippen LogP contribution in [0.5, 0.6) is 5.75 Å². The lowest BCUT2D eigenvalue weighted by atomic mass is 9.75. The average molecular weight is 565 g/mol. The van der Waals surface area contributed by atoms with Crippen molar-refractivity contribution in [2.75, 3.05) is 7.11 Å². The summed E-state index contributed by atoms with van der Waals surface area (Å²) >= 11 is 0. The first kappa shape index (κ1) is 32.8. The van der Waals surface area contributed by atoms with Crippen molar-refractivity contribution in [2.24, 2.45) is 35.5 Å². The van der Waals surface area contributed by atoms with Crippen LogP contribution in [0.4, 0.5) is 0 Å². The molecule has 2 heterocycles. The summed E-state index contributed by atoms with van der Waals surface area (Å²) in [5, 5.41) is 20.4. The molecule has 0 unspecified atom stereocenters. The summed E-state index contributed by atoms with van der Waals surface area (Å²) in [5.74, 6) is -1.42. The minimum absolute atomic E-state index is 0.0529. The van der Waals surface area contributed by atoms with Crippen LogP contribution in [0.2, 0.25) is 0 Å². The maximum atomic E-state index is 11.8. The van der Waals surface area contributed by atoms with Gasteiger partial charge >= 0.3 is 5.97 Å². The zero-order chi connectivity index (χ0) is 29.9. The molecular weight excluding hydrogens is 512 g/mol. The minimum Gasteiger partial charge on any atom is -0.497 e. The summed E-state index contributed by atoms with van der Waals surface area (Å²) < 4.78 is 31.1. The van der Waals surface area contributed by atoms with Gasteiger partial charge in [-0.2, -0.15) is 0 Å². The highest BCUT2D eigenvalue weighted by molar-refractivity contribution is 5.70. The van der Waals surface area contributed by atoms with E-state index in [4.69, 9.17) is 23.7 Å². The van der Waals surface area contributed by atoms with Crippen LogP contribution in [-0.2, 0) is 23.7 Å². The van der Waals surface area contributed by atoms with Crippen LogP contribution >= 0.6 is 0 Å². The SMILES string of the molecule is CC[C@@H](O)[C@H](C)[C@@H]1O[C@H](c2ccc(OC)cc2)O[C@@H]([C@H](C)C[C@H](C)[C@@H]2OC(C)(C)O[C@H]([C@@H](C)C(=O)O)[C@@H]2C)[C@@H]1C. The second-order valence-electron chi connectivity index (χ2n) is 12.7. The molecule has 12 atom stereocenters. The molecule has 8 heteroatoms. The van der Waals surface area contributed by atoms with Crippen LogP contribution in [0, 0.1) is 35.5 Å². The van der Waals surface area contributed by atoms with Crippen LogP contribution in [-0.4, -0.2) is 59.6 Å². The van der Waals surface area contributed by atoms with Crippen molar-refractivity contribution in [1.29, 1.82) is 0 Å². The van der Waals surface area contributed by atoms with Gasteiger partial charge in [-0.1, -0.05) is 53.7 Å². The van der Waals surface area contributed by atoms with Crippen molar-refractivity contribution in [1.82, 2.24) is 0 Å². The second-order valence-corrected chi connectivity index (χ2v) is 12.7.